The molecular weight excluding hydrogens is 200 g/mol. The summed E-state index contributed by atoms with van der Waals surface area (Å²) in [6, 6.07) is 3.61. The summed E-state index contributed by atoms with van der Waals surface area (Å²) in [5.74, 6) is 1.41. The molecule has 0 atom stereocenters. The molecule has 0 spiro atoms. The van der Waals surface area contributed by atoms with E-state index in [2.05, 4.69) is 12.6 Å². The van der Waals surface area contributed by atoms with Crippen LogP contribution in [0, 0.1) is 0 Å². The smallest absolute Gasteiger partial charge is 0.142 e. The Balaban J connectivity index is 2.76. The SMILES string of the molecule is COc1cc(OC)c2c(S)coc2c1. The van der Waals surface area contributed by atoms with Crippen LogP contribution in [0.2, 0.25) is 0 Å². The highest BCUT2D eigenvalue weighted by molar-refractivity contribution is 7.80. The molecule has 2 aromatic rings. The standard InChI is InChI=1S/C10H10O3S/c1-11-6-3-7(12-2)10-8(4-6)13-5-9(10)14/h3-5,14H,1-2H3. The van der Waals surface area contributed by atoms with E-state index in [0.29, 0.717) is 17.1 Å². The first-order chi connectivity index (χ1) is 6.76. The fourth-order valence-corrected chi connectivity index (χ4v) is 1.64. The van der Waals surface area contributed by atoms with Gasteiger partial charge in [0.25, 0.3) is 0 Å². The zero-order valence-corrected chi connectivity index (χ0v) is 8.80. The van der Waals surface area contributed by atoms with Gasteiger partial charge in [-0.05, 0) is 0 Å². The molecule has 0 aliphatic rings. The van der Waals surface area contributed by atoms with Crippen molar-refractivity contribution in [2.24, 2.45) is 0 Å². The second-order valence-electron chi connectivity index (χ2n) is 2.82. The van der Waals surface area contributed by atoms with Crippen molar-refractivity contribution < 1.29 is 13.9 Å². The van der Waals surface area contributed by atoms with Gasteiger partial charge in [-0.2, -0.15) is 0 Å². The molecule has 0 bridgehead atoms. The van der Waals surface area contributed by atoms with E-state index in [9.17, 15) is 0 Å². The zero-order chi connectivity index (χ0) is 10.1. The lowest BCUT2D eigenvalue weighted by Gasteiger charge is -2.04. The largest absolute Gasteiger partial charge is 0.496 e. The molecule has 3 nitrogen and oxygen atoms in total. The minimum absolute atomic E-state index is 0.706. The fraction of sp³-hybridized carbons (Fsp3) is 0.200. The van der Waals surface area contributed by atoms with Crippen LogP contribution in [0.4, 0.5) is 0 Å². The van der Waals surface area contributed by atoms with Crippen LogP contribution < -0.4 is 9.47 Å². The first-order valence-electron chi connectivity index (χ1n) is 4.08. The lowest BCUT2D eigenvalue weighted by atomic mass is 10.2. The van der Waals surface area contributed by atoms with Gasteiger partial charge in [0.1, 0.15) is 23.3 Å². The van der Waals surface area contributed by atoms with Crippen LogP contribution in [-0.2, 0) is 0 Å². The monoisotopic (exact) mass is 210 g/mol. The molecule has 0 saturated heterocycles. The summed E-state index contributed by atoms with van der Waals surface area (Å²) in [5, 5.41) is 0.872. The molecule has 0 unspecified atom stereocenters. The average Bonchev–Trinajstić information content (AvgIpc) is 2.59. The highest BCUT2D eigenvalue weighted by Crippen LogP contribution is 2.36. The van der Waals surface area contributed by atoms with Gasteiger partial charge < -0.3 is 13.9 Å². The maximum atomic E-state index is 5.30. The summed E-state index contributed by atoms with van der Waals surface area (Å²) in [6.45, 7) is 0. The van der Waals surface area contributed by atoms with Crippen molar-refractivity contribution in [3.05, 3.63) is 18.4 Å². The van der Waals surface area contributed by atoms with E-state index in [1.165, 1.54) is 0 Å². The first-order valence-corrected chi connectivity index (χ1v) is 4.53. The fourth-order valence-electron chi connectivity index (χ4n) is 1.37. The highest BCUT2D eigenvalue weighted by Gasteiger charge is 2.11. The summed E-state index contributed by atoms with van der Waals surface area (Å²) in [6.07, 6.45) is 1.58. The van der Waals surface area contributed by atoms with Crippen molar-refractivity contribution in [3.63, 3.8) is 0 Å². The van der Waals surface area contributed by atoms with Crippen LogP contribution in [-0.4, -0.2) is 14.2 Å². The molecule has 0 aliphatic heterocycles. The van der Waals surface area contributed by atoms with Crippen LogP contribution in [0.25, 0.3) is 11.0 Å². The Bertz CT molecular complexity index is 462. The Morgan fingerprint density at radius 1 is 1.21 bits per heavy atom. The maximum Gasteiger partial charge on any atom is 0.142 e. The minimum atomic E-state index is 0.706. The second-order valence-corrected chi connectivity index (χ2v) is 3.31. The molecule has 0 aliphatic carbocycles. The number of hydrogen-bond donors (Lipinski definition) is 1. The van der Waals surface area contributed by atoms with E-state index in [1.807, 2.05) is 0 Å². The topological polar surface area (TPSA) is 31.6 Å². The molecule has 74 valence electrons. The number of fused-ring (bicyclic) bond motifs is 1. The third-order valence-corrected chi connectivity index (χ3v) is 2.38. The van der Waals surface area contributed by atoms with Crippen LogP contribution in [0.3, 0.4) is 0 Å². The molecule has 0 amide bonds. The number of rotatable bonds is 2. The van der Waals surface area contributed by atoms with Gasteiger partial charge in [-0.3, -0.25) is 0 Å². The Morgan fingerprint density at radius 3 is 2.64 bits per heavy atom. The number of ether oxygens (including phenoxy) is 2. The Morgan fingerprint density at radius 2 is 2.00 bits per heavy atom. The van der Waals surface area contributed by atoms with E-state index in [-0.39, 0.29) is 0 Å². The van der Waals surface area contributed by atoms with Crippen molar-refractivity contribution in [1.29, 1.82) is 0 Å². The highest BCUT2D eigenvalue weighted by atomic mass is 32.1. The molecule has 14 heavy (non-hydrogen) atoms. The van der Waals surface area contributed by atoms with Gasteiger partial charge in [0.15, 0.2) is 0 Å². The van der Waals surface area contributed by atoms with Crippen molar-refractivity contribution in [2.75, 3.05) is 14.2 Å². The summed E-state index contributed by atoms with van der Waals surface area (Å²) in [4.78, 5) is 0.763. The molecule has 0 N–H and O–H groups in total. The van der Waals surface area contributed by atoms with E-state index >= 15 is 0 Å². The Kier molecular flexibility index (Phi) is 2.29. The minimum Gasteiger partial charge on any atom is -0.496 e. The van der Waals surface area contributed by atoms with E-state index < -0.39 is 0 Å². The normalized spacial score (nSPS) is 10.5. The molecule has 2 rings (SSSR count). The van der Waals surface area contributed by atoms with Crippen molar-refractivity contribution in [3.8, 4) is 11.5 Å². The molecule has 1 heterocycles. The maximum absolute atomic E-state index is 5.30. The average molecular weight is 210 g/mol. The molecule has 1 aromatic heterocycles. The summed E-state index contributed by atoms with van der Waals surface area (Å²) in [5.41, 5.74) is 0.714. The first kappa shape index (κ1) is 9.27. The molecule has 0 fully saturated rings. The predicted octanol–water partition coefficient (Wildman–Crippen LogP) is 2.74. The van der Waals surface area contributed by atoms with Gasteiger partial charge in [-0.15, -0.1) is 12.6 Å². The number of thiol groups is 1. The van der Waals surface area contributed by atoms with Crippen LogP contribution in [0.1, 0.15) is 0 Å². The molecular formula is C10H10O3S. The molecule has 0 radical (unpaired) electrons. The number of hydrogen-bond acceptors (Lipinski definition) is 4. The van der Waals surface area contributed by atoms with Gasteiger partial charge in [-0.1, -0.05) is 0 Å². The summed E-state index contributed by atoms with van der Waals surface area (Å²) in [7, 11) is 3.21. The van der Waals surface area contributed by atoms with Gasteiger partial charge >= 0.3 is 0 Å². The van der Waals surface area contributed by atoms with E-state index in [0.717, 1.165) is 10.3 Å². The van der Waals surface area contributed by atoms with Crippen LogP contribution in [0.5, 0.6) is 11.5 Å². The third-order valence-electron chi connectivity index (χ3n) is 2.05. The number of furan rings is 1. The van der Waals surface area contributed by atoms with Crippen LogP contribution in [0.15, 0.2) is 27.7 Å². The Hall–Kier alpha value is -1.29. The van der Waals surface area contributed by atoms with Gasteiger partial charge in [-0.25, -0.2) is 0 Å². The second kappa shape index (κ2) is 3.46. The molecule has 4 heteroatoms. The Labute approximate surface area is 87.0 Å². The van der Waals surface area contributed by atoms with E-state index in [1.54, 1.807) is 32.6 Å². The third kappa shape index (κ3) is 1.32. The number of methoxy groups -OCH3 is 2. The van der Waals surface area contributed by atoms with Crippen molar-refractivity contribution in [2.45, 2.75) is 4.90 Å². The van der Waals surface area contributed by atoms with Gasteiger partial charge in [0.05, 0.1) is 24.5 Å². The van der Waals surface area contributed by atoms with Crippen molar-refractivity contribution in [1.82, 2.24) is 0 Å². The zero-order valence-electron chi connectivity index (χ0n) is 7.90. The van der Waals surface area contributed by atoms with Gasteiger partial charge in [0, 0.05) is 12.1 Å². The summed E-state index contributed by atoms with van der Waals surface area (Å²) >= 11 is 4.27. The van der Waals surface area contributed by atoms with Crippen LogP contribution >= 0.6 is 12.6 Å². The van der Waals surface area contributed by atoms with Gasteiger partial charge in [0.2, 0.25) is 0 Å². The quantitative estimate of drug-likeness (QED) is 0.773. The molecule has 0 saturated carbocycles. The van der Waals surface area contributed by atoms with E-state index in [4.69, 9.17) is 13.9 Å². The number of benzene rings is 1. The molecule has 1 aromatic carbocycles. The lowest BCUT2D eigenvalue weighted by molar-refractivity contribution is 0.397. The van der Waals surface area contributed by atoms with Crippen molar-refractivity contribution >= 4 is 23.6 Å². The predicted molar refractivity (Wildman–Crippen MR) is 56.6 cm³/mol. The summed E-state index contributed by atoms with van der Waals surface area (Å²) < 4.78 is 15.6. The lowest BCUT2D eigenvalue weighted by Crippen LogP contribution is -1.87.